The molecular formula is C13H17NO3. The molecule has 1 aromatic rings. The smallest absolute Gasteiger partial charge is 0.407 e. The predicted octanol–water partition coefficient (Wildman–Crippen LogP) is 1.54. The monoisotopic (exact) mass is 235 g/mol. The Morgan fingerprint density at radius 1 is 1.35 bits per heavy atom. The highest BCUT2D eigenvalue weighted by molar-refractivity contribution is 5.67. The predicted molar refractivity (Wildman–Crippen MR) is 63.3 cm³/mol. The van der Waals surface area contributed by atoms with Crippen LogP contribution in [0.4, 0.5) is 4.79 Å². The minimum Gasteiger partial charge on any atom is -0.445 e. The summed E-state index contributed by atoms with van der Waals surface area (Å²) in [5.41, 5.74) is 0.974. The molecule has 2 rings (SSSR count). The maximum atomic E-state index is 11.3. The molecule has 1 fully saturated rings. The fourth-order valence-electron chi connectivity index (χ4n) is 1.77. The summed E-state index contributed by atoms with van der Waals surface area (Å²) in [7, 11) is 0. The first-order valence-electron chi connectivity index (χ1n) is 5.85. The third-order valence-corrected chi connectivity index (χ3v) is 3.02. The molecule has 17 heavy (non-hydrogen) atoms. The first-order chi connectivity index (χ1) is 8.29. The van der Waals surface area contributed by atoms with Crippen LogP contribution in [-0.2, 0) is 11.3 Å². The number of hydrogen-bond acceptors (Lipinski definition) is 3. The van der Waals surface area contributed by atoms with E-state index in [0.29, 0.717) is 25.0 Å². The Morgan fingerprint density at radius 2 is 2.12 bits per heavy atom. The topological polar surface area (TPSA) is 58.6 Å². The Morgan fingerprint density at radius 3 is 2.76 bits per heavy atom. The Balaban J connectivity index is 1.61. The van der Waals surface area contributed by atoms with E-state index in [0.717, 1.165) is 12.0 Å². The zero-order valence-electron chi connectivity index (χ0n) is 9.63. The van der Waals surface area contributed by atoms with Crippen LogP contribution in [0.2, 0.25) is 0 Å². The maximum Gasteiger partial charge on any atom is 0.407 e. The molecule has 0 bridgehead atoms. The molecule has 2 atom stereocenters. The van der Waals surface area contributed by atoms with Gasteiger partial charge < -0.3 is 15.2 Å². The Hall–Kier alpha value is -1.55. The van der Waals surface area contributed by atoms with Crippen LogP contribution < -0.4 is 5.32 Å². The van der Waals surface area contributed by atoms with Gasteiger partial charge in [-0.25, -0.2) is 4.79 Å². The molecule has 1 aromatic carbocycles. The standard InChI is InChI=1S/C13H17NO3/c15-8-12-6-11(12)7-14-13(16)17-9-10-4-2-1-3-5-10/h1-5,11-12,15H,6-9H2,(H,14,16)/t11-,12?/m1/s1. The molecule has 0 heterocycles. The van der Waals surface area contributed by atoms with Crippen LogP contribution in [0.1, 0.15) is 12.0 Å². The van der Waals surface area contributed by atoms with Crippen molar-refractivity contribution in [2.75, 3.05) is 13.2 Å². The number of benzene rings is 1. The Kier molecular flexibility index (Phi) is 3.98. The van der Waals surface area contributed by atoms with Gasteiger partial charge in [-0.3, -0.25) is 0 Å². The number of amides is 1. The molecule has 4 nitrogen and oxygen atoms in total. The van der Waals surface area contributed by atoms with Crippen molar-refractivity contribution in [3.63, 3.8) is 0 Å². The fraction of sp³-hybridized carbons (Fsp3) is 0.462. The van der Waals surface area contributed by atoms with E-state index in [1.54, 1.807) is 0 Å². The second-order valence-electron chi connectivity index (χ2n) is 4.38. The summed E-state index contributed by atoms with van der Waals surface area (Å²) in [5.74, 6) is 0.786. The highest BCUT2D eigenvalue weighted by atomic mass is 16.5. The number of aliphatic hydroxyl groups is 1. The van der Waals surface area contributed by atoms with Gasteiger partial charge >= 0.3 is 6.09 Å². The van der Waals surface area contributed by atoms with Crippen LogP contribution >= 0.6 is 0 Å². The molecule has 0 spiro atoms. The summed E-state index contributed by atoms with van der Waals surface area (Å²) in [6.07, 6.45) is 0.604. The van der Waals surface area contributed by atoms with E-state index in [9.17, 15) is 4.79 Å². The van der Waals surface area contributed by atoms with Crippen molar-refractivity contribution in [2.24, 2.45) is 11.8 Å². The Bertz CT molecular complexity index is 366. The van der Waals surface area contributed by atoms with Gasteiger partial charge in [-0.05, 0) is 23.8 Å². The molecular weight excluding hydrogens is 218 g/mol. The lowest BCUT2D eigenvalue weighted by Crippen LogP contribution is -2.26. The van der Waals surface area contributed by atoms with E-state index in [1.165, 1.54) is 0 Å². The van der Waals surface area contributed by atoms with Crippen LogP contribution in [0.25, 0.3) is 0 Å². The average molecular weight is 235 g/mol. The van der Waals surface area contributed by atoms with Crippen LogP contribution in [0.15, 0.2) is 30.3 Å². The van der Waals surface area contributed by atoms with Gasteiger partial charge in [0.1, 0.15) is 6.61 Å². The number of nitrogens with one attached hydrogen (secondary N) is 1. The van der Waals surface area contributed by atoms with E-state index in [2.05, 4.69) is 5.32 Å². The summed E-state index contributed by atoms with van der Waals surface area (Å²) in [5, 5.41) is 11.6. The number of alkyl carbamates (subject to hydrolysis) is 1. The number of carbonyl (C=O) groups is 1. The molecule has 1 amide bonds. The Labute approximate surface area is 101 Å². The van der Waals surface area contributed by atoms with Crippen molar-refractivity contribution in [3.05, 3.63) is 35.9 Å². The molecule has 1 aliphatic rings. The number of ether oxygens (including phenoxy) is 1. The molecule has 1 aliphatic carbocycles. The van der Waals surface area contributed by atoms with Gasteiger partial charge in [0, 0.05) is 13.2 Å². The van der Waals surface area contributed by atoms with Gasteiger partial charge in [0.15, 0.2) is 0 Å². The molecule has 0 aromatic heterocycles. The third-order valence-electron chi connectivity index (χ3n) is 3.02. The summed E-state index contributed by atoms with van der Waals surface area (Å²) < 4.78 is 5.06. The van der Waals surface area contributed by atoms with E-state index in [-0.39, 0.29) is 6.61 Å². The van der Waals surface area contributed by atoms with Crippen LogP contribution in [0, 0.1) is 11.8 Å². The van der Waals surface area contributed by atoms with Crippen LogP contribution in [0.5, 0.6) is 0 Å². The van der Waals surface area contributed by atoms with E-state index in [1.807, 2.05) is 30.3 Å². The molecule has 0 saturated heterocycles. The van der Waals surface area contributed by atoms with E-state index < -0.39 is 6.09 Å². The van der Waals surface area contributed by atoms with Gasteiger partial charge in [-0.1, -0.05) is 30.3 Å². The molecule has 1 saturated carbocycles. The molecule has 92 valence electrons. The minimum atomic E-state index is -0.391. The van der Waals surface area contributed by atoms with E-state index in [4.69, 9.17) is 9.84 Å². The molecule has 0 radical (unpaired) electrons. The quantitative estimate of drug-likeness (QED) is 0.814. The number of aliphatic hydroxyl groups excluding tert-OH is 1. The average Bonchev–Trinajstić information content (AvgIpc) is 3.14. The summed E-state index contributed by atoms with van der Waals surface area (Å²) >= 11 is 0. The minimum absolute atomic E-state index is 0.214. The van der Waals surface area contributed by atoms with Gasteiger partial charge in [-0.15, -0.1) is 0 Å². The summed E-state index contributed by atoms with van der Waals surface area (Å²) in [6.45, 7) is 1.10. The lowest BCUT2D eigenvalue weighted by atomic mass is 10.2. The molecule has 1 unspecified atom stereocenters. The van der Waals surface area contributed by atoms with Crippen molar-refractivity contribution < 1.29 is 14.6 Å². The first kappa shape index (κ1) is 11.9. The number of rotatable bonds is 5. The largest absolute Gasteiger partial charge is 0.445 e. The summed E-state index contributed by atoms with van der Waals surface area (Å²) in [6, 6.07) is 9.57. The second-order valence-corrected chi connectivity index (χ2v) is 4.38. The number of hydrogen-bond donors (Lipinski definition) is 2. The highest BCUT2D eigenvalue weighted by Crippen LogP contribution is 2.36. The fourth-order valence-corrected chi connectivity index (χ4v) is 1.77. The van der Waals surface area contributed by atoms with Crippen molar-refractivity contribution in [1.82, 2.24) is 5.32 Å². The summed E-state index contributed by atoms with van der Waals surface area (Å²) in [4.78, 5) is 11.3. The van der Waals surface area contributed by atoms with Gasteiger partial charge in [0.05, 0.1) is 0 Å². The zero-order valence-corrected chi connectivity index (χ0v) is 9.63. The zero-order chi connectivity index (χ0) is 12.1. The highest BCUT2D eigenvalue weighted by Gasteiger charge is 2.36. The molecule has 2 N–H and O–H groups in total. The van der Waals surface area contributed by atoms with Gasteiger partial charge in [-0.2, -0.15) is 0 Å². The SMILES string of the molecule is O=C(NC[C@H]1CC1CO)OCc1ccccc1. The second kappa shape index (κ2) is 5.68. The normalized spacial score (nSPS) is 21.9. The number of carbonyl (C=O) groups excluding carboxylic acids is 1. The first-order valence-corrected chi connectivity index (χ1v) is 5.85. The van der Waals surface area contributed by atoms with Gasteiger partial charge in [0.25, 0.3) is 0 Å². The third kappa shape index (κ3) is 3.75. The van der Waals surface area contributed by atoms with Crippen molar-refractivity contribution in [2.45, 2.75) is 13.0 Å². The van der Waals surface area contributed by atoms with Crippen LogP contribution in [-0.4, -0.2) is 24.4 Å². The molecule has 4 heteroatoms. The van der Waals surface area contributed by atoms with Crippen molar-refractivity contribution in [1.29, 1.82) is 0 Å². The van der Waals surface area contributed by atoms with Crippen molar-refractivity contribution in [3.8, 4) is 0 Å². The maximum absolute atomic E-state index is 11.3. The van der Waals surface area contributed by atoms with Gasteiger partial charge in [0.2, 0.25) is 0 Å². The lowest BCUT2D eigenvalue weighted by molar-refractivity contribution is 0.139. The van der Waals surface area contributed by atoms with Crippen LogP contribution in [0.3, 0.4) is 0 Å². The van der Waals surface area contributed by atoms with Crippen molar-refractivity contribution >= 4 is 6.09 Å². The lowest BCUT2D eigenvalue weighted by Gasteiger charge is -2.06. The van der Waals surface area contributed by atoms with E-state index >= 15 is 0 Å². The molecule has 0 aliphatic heterocycles.